The molecule has 1 aliphatic carbocycles. The van der Waals surface area contributed by atoms with E-state index in [1.54, 1.807) is 0 Å². The van der Waals surface area contributed by atoms with Crippen molar-refractivity contribution in [2.24, 2.45) is 5.84 Å². The van der Waals surface area contributed by atoms with Gasteiger partial charge in [-0.2, -0.15) is 0 Å². The molecule has 4 nitrogen and oxygen atoms in total. The van der Waals surface area contributed by atoms with Crippen molar-refractivity contribution >= 4 is 0 Å². The third kappa shape index (κ3) is 1.57. The molecule has 0 atom stereocenters. The number of hydrogen-bond acceptors (Lipinski definition) is 4. The normalized spacial score (nSPS) is 22.1. The van der Waals surface area contributed by atoms with Gasteiger partial charge in [0, 0.05) is 5.70 Å². The van der Waals surface area contributed by atoms with Crippen LogP contribution in [0.3, 0.4) is 0 Å². The molecule has 14 heavy (non-hydrogen) atoms. The molecule has 0 unspecified atom stereocenters. The number of hydrazine groups is 2. The molecule has 0 aromatic heterocycles. The Labute approximate surface area is 84.6 Å². The summed E-state index contributed by atoms with van der Waals surface area (Å²) in [5, 5.41) is 0. The fraction of sp³-hybridized carbons (Fsp3) is 0.600. The topological polar surface area (TPSA) is 62.1 Å². The van der Waals surface area contributed by atoms with Crippen LogP contribution in [0, 0.1) is 0 Å². The van der Waals surface area contributed by atoms with Crippen LogP contribution in [0.5, 0.6) is 0 Å². The second-order valence-electron chi connectivity index (χ2n) is 3.91. The Hall–Kier alpha value is -1.16. The molecule has 1 aliphatic heterocycles. The van der Waals surface area contributed by atoms with E-state index in [0.29, 0.717) is 0 Å². The Balaban J connectivity index is 2.29. The number of hydrogen-bond donors (Lipinski definition) is 4. The zero-order valence-electron chi connectivity index (χ0n) is 8.61. The first-order valence-corrected chi connectivity index (χ1v) is 5.25. The van der Waals surface area contributed by atoms with Gasteiger partial charge in [-0.25, -0.2) is 5.84 Å². The van der Waals surface area contributed by atoms with E-state index in [4.69, 9.17) is 5.84 Å². The highest BCUT2D eigenvalue weighted by molar-refractivity contribution is 5.38. The van der Waals surface area contributed by atoms with E-state index in [2.05, 4.69) is 23.2 Å². The SMILES string of the molecule is CC1=C(NN)NNC2=C1CCCCC2. The van der Waals surface area contributed by atoms with E-state index >= 15 is 0 Å². The van der Waals surface area contributed by atoms with Gasteiger partial charge in [-0.1, -0.05) is 6.42 Å². The zero-order chi connectivity index (χ0) is 9.97. The Morgan fingerprint density at radius 2 is 1.93 bits per heavy atom. The highest BCUT2D eigenvalue weighted by Crippen LogP contribution is 2.29. The van der Waals surface area contributed by atoms with Crippen molar-refractivity contribution < 1.29 is 0 Å². The van der Waals surface area contributed by atoms with Crippen LogP contribution in [0.2, 0.25) is 0 Å². The van der Waals surface area contributed by atoms with Crippen molar-refractivity contribution in [2.45, 2.75) is 39.0 Å². The molecular weight excluding hydrogens is 176 g/mol. The molecule has 0 aromatic carbocycles. The second-order valence-corrected chi connectivity index (χ2v) is 3.91. The van der Waals surface area contributed by atoms with Crippen LogP contribution in [-0.4, -0.2) is 0 Å². The van der Waals surface area contributed by atoms with Gasteiger partial charge in [0.2, 0.25) is 0 Å². The second kappa shape index (κ2) is 3.92. The average Bonchev–Trinajstić information content (AvgIpc) is 2.44. The first-order valence-electron chi connectivity index (χ1n) is 5.25. The van der Waals surface area contributed by atoms with Crippen molar-refractivity contribution in [1.29, 1.82) is 0 Å². The molecule has 0 amide bonds. The minimum Gasteiger partial charge on any atom is -0.309 e. The summed E-state index contributed by atoms with van der Waals surface area (Å²) in [6.45, 7) is 2.11. The van der Waals surface area contributed by atoms with Crippen LogP contribution >= 0.6 is 0 Å². The number of nitrogens with two attached hydrogens (primary N) is 1. The van der Waals surface area contributed by atoms with Gasteiger partial charge in [0.15, 0.2) is 0 Å². The molecule has 78 valence electrons. The van der Waals surface area contributed by atoms with Crippen LogP contribution in [-0.2, 0) is 0 Å². The third-order valence-electron chi connectivity index (χ3n) is 3.03. The third-order valence-corrected chi connectivity index (χ3v) is 3.03. The van der Waals surface area contributed by atoms with Crippen molar-refractivity contribution in [3.8, 4) is 0 Å². The van der Waals surface area contributed by atoms with Crippen molar-refractivity contribution in [3.05, 3.63) is 22.7 Å². The molecule has 0 aromatic rings. The lowest BCUT2D eigenvalue weighted by Gasteiger charge is -2.26. The van der Waals surface area contributed by atoms with Crippen LogP contribution in [0.15, 0.2) is 22.7 Å². The molecule has 1 heterocycles. The standard InChI is InChI=1S/C10H18N4/c1-7-8-5-3-2-4-6-9(8)13-14-10(7)12-11/h12-14H,2-6,11H2,1H3. The highest BCUT2D eigenvalue weighted by Gasteiger charge is 2.19. The number of nitrogens with one attached hydrogen (secondary N) is 3. The summed E-state index contributed by atoms with van der Waals surface area (Å²) in [6.07, 6.45) is 6.22. The predicted octanol–water partition coefficient (Wildman–Crippen LogP) is 1.01. The zero-order valence-corrected chi connectivity index (χ0v) is 8.61. The van der Waals surface area contributed by atoms with Crippen LogP contribution < -0.4 is 22.1 Å². The maximum atomic E-state index is 5.42. The van der Waals surface area contributed by atoms with E-state index in [0.717, 1.165) is 12.2 Å². The molecule has 0 fully saturated rings. The average molecular weight is 194 g/mol. The van der Waals surface area contributed by atoms with Gasteiger partial charge in [-0.3, -0.25) is 5.43 Å². The van der Waals surface area contributed by atoms with E-state index in [-0.39, 0.29) is 0 Å². The molecule has 0 saturated heterocycles. The van der Waals surface area contributed by atoms with Crippen molar-refractivity contribution in [2.75, 3.05) is 0 Å². The summed E-state index contributed by atoms with van der Waals surface area (Å²) in [5.41, 5.74) is 13.0. The van der Waals surface area contributed by atoms with Gasteiger partial charge < -0.3 is 10.9 Å². The van der Waals surface area contributed by atoms with Gasteiger partial charge in [0.25, 0.3) is 0 Å². The number of allylic oxidation sites excluding steroid dienone is 3. The Bertz CT molecular complexity index is 290. The first-order chi connectivity index (χ1) is 6.83. The molecule has 5 N–H and O–H groups in total. The minimum atomic E-state index is 0.894. The molecule has 2 rings (SSSR count). The number of rotatable bonds is 1. The molecule has 0 spiro atoms. The largest absolute Gasteiger partial charge is 0.309 e. The smallest absolute Gasteiger partial charge is 0.135 e. The van der Waals surface area contributed by atoms with Crippen LogP contribution in [0.4, 0.5) is 0 Å². The molecule has 0 bridgehead atoms. The summed E-state index contributed by atoms with van der Waals surface area (Å²) in [5.74, 6) is 6.32. The fourth-order valence-corrected chi connectivity index (χ4v) is 2.16. The summed E-state index contributed by atoms with van der Waals surface area (Å²) in [4.78, 5) is 0. The van der Waals surface area contributed by atoms with Crippen molar-refractivity contribution in [1.82, 2.24) is 16.3 Å². The monoisotopic (exact) mass is 194 g/mol. The van der Waals surface area contributed by atoms with Crippen molar-refractivity contribution in [3.63, 3.8) is 0 Å². The summed E-state index contributed by atoms with van der Waals surface area (Å²) in [6, 6.07) is 0. The van der Waals surface area contributed by atoms with Gasteiger partial charge >= 0.3 is 0 Å². The summed E-state index contributed by atoms with van der Waals surface area (Å²) >= 11 is 0. The predicted molar refractivity (Wildman–Crippen MR) is 56.4 cm³/mol. The van der Waals surface area contributed by atoms with Gasteiger partial charge in [-0.05, 0) is 43.8 Å². The first kappa shape index (κ1) is 9.40. The Kier molecular flexibility index (Phi) is 2.63. The molecule has 4 heteroatoms. The molecule has 0 saturated carbocycles. The van der Waals surface area contributed by atoms with Gasteiger partial charge in [-0.15, -0.1) is 0 Å². The molecular formula is C10H18N4. The van der Waals surface area contributed by atoms with Gasteiger partial charge in [0.1, 0.15) is 5.82 Å². The summed E-state index contributed by atoms with van der Waals surface area (Å²) < 4.78 is 0. The lowest BCUT2D eigenvalue weighted by molar-refractivity contribution is 0.576. The van der Waals surface area contributed by atoms with E-state index < -0.39 is 0 Å². The quantitative estimate of drug-likeness (QED) is 0.371. The maximum Gasteiger partial charge on any atom is 0.135 e. The van der Waals surface area contributed by atoms with E-state index in [9.17, 15) is 0 Å². The Morgan fingerprint density at radius 1 is 1.14 bits per heavy atom. The Morgan fingerprint density at radius 3 is 2.71 bits per heavy atom. The minimum absolute atomic E-state index is 0.894. The molecule has 0 radical (unpaired) electrons. The lowest BCUT2D eigenvalue weighted by atomic mass is 10.00. The fourth-order valence-electron chi connectivity index (χ4n) is 2.16. The summed E-state index contributed by atoms with van der Waals surface area (Å²) in [7, 11) is 0. The van der Waals surface area contributed by atoms with Gasteiger partial charge in [0.05, 0.1) is 0 Å². The lowest BCUT2D eigenvalue weighted by Crippen LogP contribution is -2.43. The van der Waals surface area contributed by atoms with E-state index in [1.807, 2.05) is 0 Å². The molecule has 2 aliphatic rings. The van der Waals surface area contributed by atoms with Crippen LogP contribution in [0.25, 0.3) is 0 Å². The van der Waals surface area contributed by atoms with E-state index in [1.165, 1.54) is 42.5 Å². The maximum absolute atomic E-state index is 5.42. The van der Waals surface area contributed by atoms with Crippen LogP contribution in [0.1, 0.15) is 39.0 Å². The highest BCUT2D eigenvalue weighted by atomic mass is 15.5.